The maximum Gasteiger partial charge on any atom is 1.00 e. The fourth-order valence-corrected chi connectivity index (χ4v) is 0.830. The van der Waals surface area contributed by atoms with Crippen LogP contribution in [0.15, 0.2) is 0 Å². The molecule has 0 bridgehead atoms. The molecule has 5 heteroatoms. The molecule has 4 nitrogen and oxygen atoms in total. The van der Waals surface area contributed by atoms with Crippen LogP contribution in [0, 0.1) is 0 Å². The van der Waals surface area contributed by atoms with Gasteiger partial charge in [0, 0.05) is 6.61 Å². The summed E-state index contributed by atoms with van der Waals surface area (Å²) in [5.74, 6) is -1.19. The Bertz CT molecular complexity index is 130. The third kappa shape index (κ3) is 14.9. The van der Waals surface area contributed by atoms with E-state index in [0.717, 1.165) is 13.0 Å². The fraction of sp³-hybridized carbons (Fsp3) is 0.889. The summed E-state index contributed by atoms with van der Waals surface area (Å²) in [6, 6.07) is 0. The number of carboxylic acid groups (broad SMARTS) is 1. The van der Waals surface area contributed by atoms with Crippen molar-refractivity contribution in [2.75, 3.05) is 26.4 Å². The number of carboxylic acids is 1. The largest absolute Gasteiger partial charge is 1.00 e. The zero-order valence-electron chi connectivity index (χ0n) is 9.08. The maximum absolute atomic E-state index is 9.90. The van der Waals surface area contributed by atoms with E-state index in [1.165, 1.54) is 12.8 Å². The van der Waals surface area contributed by atoms with Gasteiger partial charge in [-0.1, -0.05) is 19.8 Å². The number of carbonyl (C=O) groups is 1. The first-order valence-electron chi connectivity index (χ1n) is 4.62. The van der Waals surface area contributed by atoms with E-state index >= 15 is 0 Å². The fourth-order valence-electron chi connectivity index (χ4n) is 0.830. The van der Waals surface area contributed by atoms with E-state index < -0.39 is 5.97 Å². The van der Waals surface area contributed by atoms with Gasteiger partial charge in [-0.3, -0.25) is 0 Å². The molecule has 0 saturated heterocycles. The van der Waals surface area contributed by atoms with Gasteiger partial charge in [0.05, 0.1) is 25.8 Å². The number of ether oxygens (including phenoxy) is 2. The van der Waals surface area contributed by atoms with Crippen molar-refractivity contribution in [3.63, 3.8) is 0 Å². The van der Waals surface area contributed by atoms with Gasteiger partial charge in [0.2, 0.25) is 0 Å². The van der Waals surface area contributed by atoms with Gasteiger partial charge in [-0.05, 0) is 6.42 Å². The van der Waals surface area contributed by atoms with E-state index in [2.05, 4.69) is 6.92 Å². The minimum Gasteiger partial charge on any atom is -0.548 e. The third-order valence-corrected chi connectivity index (χ3v) is 1.48. The molecule has 0 aromatic carbocycles. The van der Waals surface area contributed by atoms with E-state index in [-0.39, 0.29) is 36.2 Å². The Hall–Kier alpha value is 0.390. The first-order valence-corrected chi connectivity index (χ1v) is 4.62. The summed E-state index contributed by atoms with van der Waals surface area (Å²) < 4.78 is 9.89. The molecule has 0 fully saturated rings. The molecule has 0 saturated carbocycles. The molecule has 0 spiro atoms. The molecule has 78 valence electrons. The van der Waals surface area contributed by atoms with Crippen LogP contribution in [0.2, 0.25) is 0 Å². The summed E-state index contributed by atoms with van der Waals surface area (Å²) in [6.07, 6.45) is 3.39. The minimum absolute atomic E-state index is 0. The Balaban J connectivity index is 0. The normalized spacial score (nSPS) is 9.50. The maximum atomic E-state index is 9.90. The molecule has 14 heavy (non-hydrogen) atoms. The van der Waals surface area contributed by atoms with Gasteiger partial charge in [0.1, 0.15) is 0 Å². The first kappa shape index (κ1) is 16.8. The molecule has 0 rings (SSSR count). The van der Waals surface area contributed by atoms with E-state index in [9.17, 15) is 9.90 Å². The van der Waals surface area contributed by atoms with Gasteiger partial charge >= 0.3 is 29.6 Å². The Morgan fingerprint density at radius 1 is 1.14 bits per heavy atom. The third-order valence-electron chi connectivity index (χ3n) is 1.48. The number of unbranched alkanes of at least 4 members (excludes halogenated alkanes) is 2. The van der Waals surface area contributed by atoms with Crippen LogP contribution < -0.4 is 34.7 Å². The van der Waals surface area contributed by atoms with Crippen molar-refractivity contribution < 1.29 is 48.9 Å². The van der Waals surface area contributed by atoms with E-state index in [4.69, 9.17) is 9.47 Å². The molecule has 0 amide bonds. The summed E-state index contributed by atoms with van der Waals surface area (Å²) in [6.45, 7) is 3.28. The van der Waals surface area contributed by atoms with Crippen LogP contribution in [0.3, 0.4) is 0 Å². The van der Waals surface area contributed by atoms with E-state index in [1.807, 2.05) is 0 Å². The predicted octanol–water partition coefficient (Wildman–Crippen LogP) is -3.04. The average molecular weight is 212 g/mol. The van der Waals surface area contributed by atoms with Crippen LogP contribution >= 0.6 is 0 Å². The van der Waals surface area contributed by atoms with Crippen molar-refractivity contribution in [3.05, 3.63) is 0 Å². The number of hydrogen-bond acceptors (Lipinski definition) is 4. The van der Waals surface area contributed by atoms with Gasteiger partial charge in [-0.25, -0.2) is 0 Å². The molecule has 0 aliphatic heterocycles. The Morgan fingerprint density at radius 3 is 2.36 bits per heavy atom. The monoisotopic (exact) mass is 212 g/mol. The summed E-state index contributed by atoms with van der Waals surface area (Å²) in [5.41, 5.74) is 0. The number of hydrogen-bond donors (Lipinski definition) is 0. The molecule has 0 aromatic heterocycles. The van der Waals surface area contributed by atoms with Gasteiger partial charge in [-0.2, -0.15) is 0 Å². The Morgan fingerprint density at radius 2 is 1.79 bits per heavy atom. The second-order valence-electron chi connectivity index (χ2n) is 2.74. The van der Waals surface area contributed by atoms with E-state index in [0.29, 0.717) is 13.2 Å². The van der Waals surface area contributed by atoms with Crippen molar-refractivity contribution in [2.24, 2.45) is 0 Å². The second kappa shape index (κ2) is 13.4. The van der Waals surface area contributed by atoms with Crippen molar-refractivity contribution in [1.82, 2.24) is 0 Å². The van der Waals surface area contributed by atoms with Crippen molar-refractivity contribution in [1.29, 1.82) is 0 Å². The van der Waals surface area contributed by atoms with Crippen LogP contribution in [0.1, 0.15) is 26.2 Å². The smallest absolute Gasteiger partial charge is 0.548 e. The molecule has 0 aliphatic rings. The average Bonchev–Trinajstić information content (AvgIpc) is 2.09. The summed E-state index contributed by atoms with van der Waals surface area (Å²) >= 11 is 0. The predicted molar refractivity (Wildman–Crippen MR) is 46.2 cm³/mol. The van der Waals surface area contributed by atoms with Gasteiger partial charge < -0.3 is 19.4 Å². The molecule has 0 N–H and O–H groups in total. The Kier molecular flexibility index (Phi) is 16.1. The van der Waals surface area contributed by atoms with Crippen molar-refractivity contribution >= 4 is 5.97 Å². The van der Waals surface area contributed by atoms with Crippen LogP contribution in [-0.2, 0) is 14.3 Å². The molecule has 0 aliphatic carbocycles. The van der Waals surface area contributed by atoms with Crippen molar-refractivity contribution in [3.8, 4) is 0 Å². The van der Waals surface area contributed by atoms with Gasteiger partial charge in [0.15, 0.2) is 0 Å². The topological polar surface area (TPSA) is 58.6 Å². The first-order chi connectivity index (χ1) is 6.27. The van der Waals surface area contributed by atoms with Crippen LogP contribution in [-0.4, -0.2) is 32.4 Å². The molecule has 0 aromatic rings. The molecule has 0 heterocycles. The minimum atomic E-state index is -1.19. The number of aliphatic carboxylic acids is 1. The van der Waals surface area contributed by atoms with Crippen LogP contribution in [0.25, 0.3) is 0 Å². The zero-order chi connectivity index (χ0) is 9.94. The summed E-state index contributed by atoms with van der Waals surface area (Å²) in [7, 11) is 0. The standard InChI is InChI=1S/C9H18O4.Na/c1-2-3-4-5-12-6-7-13-8-9(10)11;/h2-8H2,1H3,(H,10,11);/q;+1/p-1. The number of carbonyl (C=O) groups excluding carboxylic acids is 1. The zero-order valence-corrected chi connectivity index (χ0v) is 11.1. The summed E-state index contributed by atoms with van der Waals surface area (Å²) in [4.78, 5) is 9.90. The van der Waals surface area contributed by atoms with Crippen LogP contribution in [0.5, 0.6) is 0 Å². The van der Waals surface area contributed by atoms with Gasteiger partial charge in [0.25, 0.3) is 0 Å². The molecule has 0 atom stereocenters. The van der Waals surface area contributed by atoms with Crippen LogP contribution in [0.4, 0.5) is 0 Å². The quantitative estimate of drug-likeness (QED) is 0.301. The molecular weight excluding hydrogens is 195 g/mol. The second-order valence-corrected chi connectivity index (χ2v) is 2.74. The molecular formula is C9H17NaO4. The molecule has 0 unspecified atom stereocenters. The van der Waals surface area contributed by atoms with E-state index in [1.54, 1.807) is 0 Å². The molecule has 0 radical (unpaired) electrons. The van der Waals surface area contributed by atoms with Crippen molar-refractivity contribution in [2.45, 2.75) is 26.2 Å². The SMILES string of the molecule is CCCCCOCCOCC(=O)[O-].[Na+]. The van der Waals surface area contributed by atoms with Gasteiger partial charge in [-0.15, -0.1) is 0 Å². The summed E-state index contributed by atoms with van der Waals surface area (Å²) in [5, 5.41) is 9.90. The number of rotatable bonds is 9. The Labute approximate surface area is 107 Å².